The first-order valence-electron chi connectivity index (χ1n) is 21.8. The van der Waals surface area contributed by atoms with Gasteiger partial charge in [0.1, 0.15) is 0 Å². The van der Waals surface area contributed by atoms with E-state index >= 15 is 0 Å². The highest BCUT2D eigenvalue weighted by atomic mass is 15.1. The monoisotopic (exact) mass is 802 g/mol. The molecule has 0 heterocycles. The maximum absolute atomic E-state index is 2.49. The van der Waals surface area contributed by atoms with Gasteiger partial charge in [-0.1, -0.05) is 182 Å². The van der Waals surface area contributed by atoms with E-state index in [0.29, 0.717) is 0 Å². The van der Waals surface area contributed by atoms with Crippen LogP contribution in [-0.4, -0.2) is 0 Å². The molecule has 10 aromatic carbocycles. The van der Waals surface area contributed by atoms with Crippen LogP contribution in [0.2, 0.25) is 0 Å². The van der Waals surface area contributed by atoms with Gasteiger partial charge in [0.2, 0.25) is 0 Å². The zero-order chi connectivity index (χ0) is 41.7. The van der Waals surface area contributed by atoms with Crippen molar-refractivity contribution >= 4 is 34.1 Å². The average molecular weight is 803 g/mol. The van der Waals surface area contributed by atoms with Crippen molar-refractivity contribution in [1.82, 2.24) is 0 Å². The van der Waals surface area contributed by atoms with Crippen molar-refractivity contribution in [1.29, 1.82) is 0 Å². The number of hydrogen-bond donors (Lipinski definition) is 0. The Kier molecular flexibility index (Phi) is 8.76. The number of nitrogens with zero attached hydrogens (tertiary/aromatic N) is 2. The molecule has 0 N–H and O–H groups in total. The topological polar surface area (TPSA) is 6.48 Å². The molecule has 296 valence electrons. The summed E-state index contributed by atoms with van der Waals surface area (Å²) in [6.07, 6.45) is 0. The van der Waals surface area contributed by atoms with Crippen molar-refractivity contribution in [3.63, 3.8) is 0 Å². The summed E-state index contributed by atoms with van der Waals surface area (Å²) in [5.41, 5.74) is 21.1. The second-order valence-corrected chi connectivity index (χ2v) is 16.4. The Labute approximate surface area is 369 Å². The van der Waals surface area contributed by atoms with Crippen LogP contribution in [0, 0.1) is 0 Å². The van der Waals surface area contributed by atoms with Crippen LogP contribution in [0.4, 0.5) is 34.1 Å². The third-order valence-electron chi connectivity index (χ3n) is 13.0. The lowest BCUT2D eigenvalue weighted by Gasteiger charge is -2.33. The van der Waals surface area contributed by atoms with E-state index in [2.05, 4.69) is 265 Å². The first-order chi connectivity index (χ1) is 31.3. The molecular formula is C61H42N2. The van der Waals surface area contributed by atoms with Crippen LogP contribution in [0.15, 0.2) is 255 Å². The van der Waals surface area contributed by atoms with Crippen LogP contribution in [0.25, 0.3) is 44.5 Å². The Hall–Kier alpha value is -8.20. The minimum atomic E-state index is -0.563. The summed E-state index contributed by atoms with van der Waals surface area (Å²) < 4.78 is 0. The second kappa shape index (κ2) is 15.1. The van der Waals surface area contributed by atoms with E-state index in [9.17, 15) is 0 Å². The molecule has 10 aromatic rings. The van der Waals surface area contributed by atoms with Gasteiger partial charge >= 0.3 is 0 Å². The number of anilines is 6. The lowest BCUT2D eigenvalue weighted by atomic mass is 9.70. The largest absolute Gasteiger partial charge is 0.310 e. The zero-order valence-corrected chi connectivity index (χ0v) is 34.6. The normalized spacial score (nSPS) is 14.1. The predicted octanol–water partition coefficient (Wildman–Crippen LogP) is 16.3. The standard InChI is InChI=1S/C61H42N2/c1-6-21-43(22-7-1)45-39-46(44-23-8-2-9-24-44)41-51(40-45)62(47-25-10-3-11-26-47)50-37-38-53-52-31-16-18-33-55(52)61(58(53)42-50)56-34-19-17-32-54(56)60-57(61)35-20-36-59(60)63(48-27-12-4-13-28-48)49-29-14-5-15-30-49/h1-42H. The van der Waals surface area contributed by atoms with Crippen LogP contribution < -0.4 is 9.80 Å². The van der Waals surface area contributed by atoms with E-state index in [0.717, 1.165) is 34.1 Å². The molecule has 0 saturated carbocycles. The van der Waals surface area contributed by atoms with Crippen LogP contribution in [0.1, 0.15) is 22.3 Å². The molecule has 2 heteroatoms. The quantitative estimate of drug-likeness (QED) is 0.151. The summed E-state index contributed by atoms with van der Waals surface area (Å²) in [5, 5.41) is 0. The van der Waals surface area contributed by atoms with Crippen molar-refractivity contribution in [3.05, 3.63) is 277 Å². The third kappa shape index (κ3) is 5.87. The van der Waals surface area contributed by atoms with Gasteiger partial charge in [0.05, 0.1) is 11.1 Å². The van der Waals surface area contributed by atoms with Gasteiger partial charge in [-0.25, -0.2) is 0 Å². The van der Waals surface area contributed by atoms with Gasteiger partial charge in [-0.3, -0.25) is 0 Å². The van der Waals surface area contributed by atoms with E-state index < -0.39 is 5.41 Å². The fraction of sp³-hybridized carbons (Fsp3) is 0.0164. The lowest BCUT2D eigenvalue weighted by molar-refractivity contribution is 0.793. The molecule has 0 saturated heterocycles. The molecule has 63 heavy (non-hydrogen) atoms. The smallest absolute Gasteiger partial charge is 0.0727 e. The summed E-state index contributed by atoms with van der Waals surface area (Å²) in [6, 6.07) is 93.3. The van der Waals surface area contributed by atoms with Crippen molar-refractivity contribution < 1.29 is 0 Å². The van der Waals surface area contributed by atoms with E-state index in [1.54, 1.807) is 0 Å². The van der Waals surface area contributed by atoms with Crippen LogP contribution in [-0.2, 0) is 5.41 Å². The van der Waals surface area contributed by atoms with Gasteiger partial charge in [0.15, 0.2) is 0 Å². The Morgan fingerprint density at radius 2 is 0.683 bits per heavy atom. The SMILES string of the molecule is c1ccc(-c2cc(-c3ccccc3)cc(N(c3ccccc3)c3ccc4c(c3)C3(c5ccccc5-4)c4ccccc4-c4c(N(c5ccccc5)c5ccccc5)cccc43)c2)cc1. The molecule has 12 rings (SSSR count). The highest BCUT2D eigenvalue weighted by Crippen LogP contribution is 2.65. The Bertz CT molecular complexity index is 3180. The van der Waals surface area contributed by atoms with Crippen molar-refractivity contribution in [2.45, 2.75) is 5.41 Å². The van der Waals surface area contributed by atoms with Gasteiger partial charge in [0.25, 0.3) is 0 Å². The summed E-state index contributed by atoms with van der Waals surface area (Å²) in [6.45, 7) is 0. The summed E-state index contributed by atoms with van der Waals surface area (Å²) in [4.78, 5) is 4.87. The second-order valence-electron chi connectivity index (χ2n) is 16.4. The Balaban J connectivity index is 1.12. The van der Waals surface area contributed by atoms with Gasteiger partial charge in [-0.05, 0) is 134 Å². The fourth-order valence-corrected chi connectivity index (χ4v) is 10.4. The molecule has 0 aromatic heterocycles. The van der Waals surface area contributed by atoms with Gasteiger partial charge in [-0.15, -0.1) is 0 Å². The number of para-hydroxylation sites is 3. The Morgan fingerprint density at radius 1 is 0.238 bits per heavy atom. The zero-order valence-electron chi connectivity index (χ0n) is 34.6. The minimum absolute atomic E-state index is 0.563. The number of fused-ring (bicyclic) bond motifs is 10. The molecule has 0 radical (unpaired) electrons. The van der Waals surface area contributed by atoms with E-state index in [4.69, 9.17) is 0 Å². The van der Waals surface area contributed by atoms with Crippen molar-refractivity contribution in [2.24, 2.45) is 0 Å². The van der Waals surface area contributed by atoms with Crippen LogP contribution >= 0.6 is 0 Å². The predicted molar refractivity (Wildman–Crippen MR) is 263 cm³/mol. The maximum Gasteiger partial charge on any atom is 0.0727 e. The molecule has 2 nitrogen and oxygen atoms in total. The molecule has 1 unspecified atom stereocenters. The molecule has 1 spiro atoms. The number of rotatable bonds is 8. The first-order valence-corrected chi connectivity index (χ1v) is 21.8. The van der Waals surface area contributed by atoms with Gasteiger partial charge < -0.3 is 9.80 Å². The Morgan fingerprint density at radius 3 is 1.25 bits per heavy atom. The maximum atomic E-state index is 2.49. The first kappa shape index (κ1) is 36.6. The van der Waals surface area contributed by atoms with Gasteiger partial charge in [-0.2, -0.15) is 0 Å². The average Bonchev–Trinajstić information content (AvgIpc) is 3.83. The molecule has 0 aliphatic heterocycles. The minimum Gasteiger partial charge on any atom is -0.310 e. The van der Waals surface area contributed by atoms with E-state index in [-0.39, 0.29) is 0 Å². The van der Waals surface area contributed by atoms with E-state index in [1.165, 1.54) is 66.8 Å². The van der Waals surface area contributed by atoms with Crippen LogP contribution in [0.3, 0.4) is 0 Å². The van der Waals surface area contributed by atoms with Crippen molar-refractivity contribution in [3.8, 4) is 44.5 Å². The molecule has 0 fully saturated rings. The van der Waals surface area contributed by atoms with Gasteiger partial charge in [0, 0.05) is 34.0 Å². The number of hydrogen-bond acceptors (Lipinski definition) is 2. The molecule has 0 bridgehead atoms. The van der Waals surface area contributed by atoms with Crippen LogP contribution in [0.5, 0.6) is 0 Å². The summed E-state index contributed by atoms with van der Waals surface area (Å²) >= 11 is 0. The molecular weight excluding hydrogens is 761 g/mol. The fourth-order valence-electron chi connectivity index (χ4n) is 10.4. The summed E-state index contributed by atoms with van der Waals surface area (Å²) in [5.74, 6) is 0. The third-order valence-corrected chi connectivity index (χ3v) is 13.0. The number of benzene rings is 10. The van der Waals surface area contributed by atoms with Crippen molar-refractivity contribution in [2.75, 3.05) is 9.80 Å². The highest BCUT2D eigenvalue weighted by molar-refractivity contribution is 6.02. The highest BCUT2D eigenvalue weighted by Gasteiger charge is 2.52. The molecule has 2 aliphatic carbocycles. The van der Waals surface area contributed by atoms with E-state index in [1.807, 2.05) is 0 Å². The molecule has 1 atom stereocenters. The molecule has 2 aliphatic rings. The lowest BCUT2D eigenvalue weighted by Crippen LogP contribution is -2.26. The summed E-state index contributed by atoms with van der Waals surface area (Å²) in [7, 11) is 0. The molecule has 0 amide bonds.